The Morgan fingerprint density at radius 3 is 2.68 bits per heavy atom. The van der Waals surface area contributed by atoms with E-state index in [1.807, 2.05) is 6.92 Å². The number of morpholine rings is 1. The van der Waals surface area contributed by atoms with E-state index in [0.29, 0.717) is 0 Å². The fourth-order valence-electron chi connectivity index (χ4n) is 2.46. The van der Waals surface area contributed by atoms with Crippen molar-refractivity contribution in [2.24, 2.45) is 0 Å². The van der Waals surface area contributed by atoms with Crippen LogP contribution in [0, 0.1) is 13.8 Å². The maximum absolute atomic E-state index is 5.76. The quantitative estimate of drug-likeness (QED) is 0.906. The Bertz CT molecular complexity index is 459. The average molecular weight is 264 g/mol. The Balaban J connectivity index is 2.33. The second-order valence-corrected chi connectivity index (χ2v) is 5.63. The number of nitrogens with zero attached hydrogens (tertiary/aromatic N) is 3. The van der Waals surface area contributed by atoms with Gasteiger partial charge in [0.15, 0.2) is 0 Å². The largest absolute Gasteiger partial charge is 0.372 e. The molecule has 2 rings (SSSR count). The van der Waals surface area contributed by atoms with Gasteiger partial charge in [0.25, 0.3) is 0 Å². The SMILES string of the molecule is CCNc1nc(C)nc(N2CCOC(C)(C)C2)c1C. The number of nitrogens with one attached hydrogen (secondary N) is 1. The highest BCUT2D eigenvalue weighted by atomic mass is 16.5. The molecule has 5 heteroatoms. The maximum Gasteiger partial charge on any atom is 0.137 e. The second-order valence-electron chi connectivity index (χ2n) is 5.63. The van der Waals surface area contributed by atoms with Gasteiger partial charge in [0.2, 0.25) is 0 Å². The molecule has 1 aliphatic rings. The average Bonchev–Trinajstić information content (AvgIpc) is 2.32. The molecule has 2 heterocycles. The molecule has 1 N–H and O–H groups in total. The summed E-state index contributed by atoms with van der Waals surface area (Å²) in [6.07, 6.45) is 0. The van der Waals surface area contributed by atoms with Gasteiger partial charge in [-0.15, -0.1) is 0 Å². The zero-order valence-electron chi connectivity index (χ0n) is 12.6. The standard InChI is InChI=1S/C14H24N4O/c1-6-15-12-10(2)13(17-11(3)16-12)18-7-8-19-14(4,5)9-18/h6-9H2,1-5H3,(H,15,16,17). The highest BCUT2D eigenvalue weighted by Gasteiger charge is 2.29. The zero-order valence-corrected chi connectivity index (χ0v) is 12.6. The van der Waals surface area contributed by atoms with Crippen LogP contribution in [-0.4, -0.2) is 41.8 Å². The van der Waals surface area contributed by atoms with Gasteiger partial charge in [-0.25, -0.2) is 9.97 Å². The van der Waals surface area contributed by atoms with E-state index in [-0.39, 0.29) is 5.60 Å². The molecule has 0 aliphatic carbocycles. The van der Waals surface area contributed by atoms with Gasteiger partial charge in [0, 0.05) is 25.2 Å². The van der Waals surface area contributed by atoms with Crippen molar-refractivity contribution in [3.8, 4) is 0 Å². The molecule has 0 radical (unpaired) electrons. The third-order valence-electron chi connectivity index (χ3n) is 3.30. The van der Waals surface area contributed by atoms with Crippen LogP contribution in [0.2, 0.25) is 0 Å². The lowest BCUT2D eigenvalue weighted by molar-refractivity contribution is -0.0279. The van der Waals surface area contributed by atoms with Crippen molar-refractivity contribution in [2.45, 2.75) is 40.2 Å². The van der Waals surface area contributed by atoms with Crippen LogP contribution in [-0.2, 0) is 4.74 Å². The summed E-state index contributed by atoms with van der Waals surface area (Å²) in [6, 6.07) is 0. The third-order valence-corrected chi connectivity index (χ3v) is 3.30. The summed E-state index contributed by atoms with van der Waals surface area (Å²) in [5.41, 5.74) is 0.993. The van der Waals surface area contributed by atoms with Gasteiger partial charge >= 0.3 is 0 Å². The molecular formula is C14H24N4O. The van der Waals surface area contributed by atoms with Crippen molar-refractivity contribution in [1.82, 2.24) is 9.97 Å². The van der Waals surface area contributed by atoms with E-state index in [9.17, 15) is 0 Å². The molecule has 1 aliphatic heterocycles. The molecular weight excluding hydrogens is 240 g/mol. The first-order valence-electron chi connectivity index (χ1n) is 6.91. The van der Waals surface area contributed by atoms with Gasteiger partial charge in [-0.2, -0.15) is 0 Å². The highest BCUT2D eigenvalue weighted by molar-refractivity contribution is 5.59. The predicted molar refractivity (Wildman–Crippen MR) is 77.9 cm³/mol. The summed E-state index contributed by atoms with van der Waals surface area (Å²) in [7, 11) is 0. The second kappa shape index (κ2) is 5.33. The first-order valence-corrected chi connectivity index (χ1v) is 6.91. The van der Waals surface area contributed by atoms with Crippen LogP contribution >= 0.6 is 0 Å². The lowest BCUT2D eigenvalue weighted by Gasteiger charge is -2.39. The lowest BCUT2D eigenvalue weighted by Crippen LogP contribution is -2.49. The molecule has 0 amide bonds. The van der Waals surface area contributed by atoms with Crippen LogP contribution in [0.1, 0.15) is 32.2 Å². The number of ether oxygens (including phenoxy) is 1. The van der Waals surface area contributed by atoms with Crippen molar-refractivity contribution < 1.29 is 4.74 Å². The van der Waals surface area contributed by atoms with E-state index in [1.54, 1.807) is 0 Å². The van der Waals surface area contributed by atoms with Gasteiger partial charge in [0.1, 0.15) is 17.5 Å². The van der Waals surface area contributed by atoms with Crippen LogP contribution in [0.15, 0.2) is 0 Å². The van der Waals surface area contributed by atoms with Crippen molar-refractivity contribution in [2.75, 3.05) is 36.5 Å². The molecule has 1 saturated heterocycles. The van der Waals surface area contributed by atoms with Gasteiger partial charge in [-0.1, -0.05) is 0 Å². The summed E-state index contributed by atoms with van der Waals surface area (Å²) >= 11 is 0. The molecule has 1 aromatic rings. The maximum atomic E-state index is 5.76. The van der Waals surface area contributed by atoms with Gasteiger partial charge < -0.3 is 15.0 Å². The fraction of sp³-hybridized carbons (Fsp3) is 0.714. The minimum absolute atomic E-state index is 0.123. The highest BCUT2D eigenvalue weighted by Crippen LogP contribution is 2.27. The number of aryl methyl sites for hydroxylation is 1. The summed E-state index contributed by atoms with van der Waals surface area (Å²) in [5.74, 6) is 2.77. The fourth-order valence-corrected chi connectivity index (χ4v) is 2.46. The Labute approximate surface area is 115 Å². The van der Waals surface area contributed by atoms with Crippen molar-refractivity contribution in [3.63, 3.8) is 0 Å². The Morgan fingerprint density at radius 1 is 1.32 bits per heavy atom. The number of hydrogen-bond donors (Lipinski definition) is 1. The first kappa shape index (κ1) is 14.1. The summed E-state index contributed by atoms with van der Waals surface area (Å²) in [6.45, 7) is 13.7. The summed E-state index contributed by atoms with van der Waals surface area (Å²) < 4.78 is 5.76. The summed E-state index contributed by atoms with van der Waals surface area (Å²) in [5, 5.41) is 3.31. The molecule has 5 nitrogen and oxygen atoms in total. The van der Waals surface area contributed by atoms with Crippen LogP contribution in [0.3, 0.4) is 0 Å². The normalized spacial score (nSPS) is 18.5. The third kappa shape index (κ3) is 3.15. The number of hydrogen-bond acceptors (Lipinski definition) is 5. The molecule has 0 aromatic carbocycles. The molecule has 0 saturated carbocycles. The Morgan fingerprint density at radius 2 is 2.05 bits per heavy atom. The van der Waals surface area contributed by atoms with Gasteiger partial charge in [0.05, 0.1) is 12.2 Å². The summed E-state index contributed by atoms with van der Waals surface area (Å²) in [4.78, 5) is 11.4. The van der Waals surface area contributed by atoms with Crippen molar-refractivity contribution in [3.05, 3.63) is 11.4 Å². The molecule has 0 unspecified atom stereocenters. The van der Waals surface area contributed by atoms with Crippen LogP contribution in [0.25, 0.3) is 0 Å². The zero-order chi connectivity index (χ0) is 14.0. The number of aromatic nitrogens is 2. The molecule has 1 aromatic heterocycles. The van der Waals surface area contributed by atoms with E-state index in [1.165, 1.54) is 0 Å². The molecule has 0 spiro atoms. The van der Waals surface area contributed by atoms with Crippen LogP contribution in [0.5, 0.6) is 0 Å². The van der Waals surface area contributed by atoms with Crippen molar-refractivity contribution in [1.29, 1.82) is 0 Å². The smallest absolute Gasteiger partial charge is 0.137 e. The van der Waals surface area contributed by atoms with Gasteiger partial charge in [-0.3, -0.25) is 0 Å². The van der Waals surface area contributed by atoms with Crippen LogP contribution < -0.4 is 10.2 Å². The Hall–Kier alpha value is -1.36. The van der Waals surface area contributed by atoms with E-state index in [4.69, 9.17) is 4.74 Å². The monoisotopic (exact) mass is 264 g/mol. The van der Waals surface area contributed by atoms with Crippen LogP contribution in [0.4, 0.5) is 11.6 Å². The first-order chi connectivity index (χ1) is 8.93. The molecule has 106 valence electrons. The van der Waals surface area contributed by atoms with Crippen molar-refractivity contribution >= 4 is 11.6 Å². The minimum Gasteiger partial charge on any atom is -0.372 e. The predicted octanol–water partition coefficient (Wildman–Crippen LogP) is 2.14. The number of anilines is 2. The molecule has 1 fully saturated rings. The topological polar surface area (TPSA) is 50.3 Å². The molecule has 0 bridgehead atoms. The minimum atomic E-state index is -0.123. The van der Waals surface area contributed by atoms with E-state index >= 15 is 0 Å². The number of rotatable bonds is 3. The van der Waals surface area contributed by atoms with Gasteiger partial charge in [-0.05, 0) is 34.6 Å². The molecule has 19 heavy (non-hydrogen) atoms. The lowest BCUT2D eigenvalue weighted by atomic mass is 10.1. The molecule has 0 atom stereocenters. The Kier molecular flexibility index (Phi) is 3.94. The van der Waals surface area contributed by atoms with E-state index in [0.717, 1.165) is 49.3 Å². The van der Waals surface area contributed by atoms with E-state index in [2.05, 4.69) is 47.9 Å². The van der Waals surface area contributed by atoms with E-state index < -0.39 is 0 Å².